The topological polar surface area (TPSA) is 43.8 Å². The summed E-state index contributed by atoms with van der Waals surface area (Å²) in [6.07, 6.45) is 2.55. The molecule has 1 aliphatic carbocycles. The molecule has 0 saturated heterocycles. The summed E-state index contributed by atoms with van der Waals surface area (Å²) in [5, 5.41) is 0. The summed E-state index contributed by atoms with van der Waals surface area (Å²) in [5.41, 5.74) is 8.82. The molecular formula is C13H17N3. The highest BCUT2D eigenvalue weighted by atomic mass is 15.1. The van der Waals surface area contributed by atoms with Gasteiger partial charge in [-0.3, -0.25) is 0 Å². The summed E-state index contributed by atoms with van der Waals surface area (Å²) < 4.78 is 2.37. The van der Waals surface area contributed by atoms with E-state index in [9.17, 15) is 0 Å². The number of benzene rings is 1. The molecule has 84 valence electrons. The second kappa shape index (κ2) is 3.24. The number of nitrogens with zero attached hydrogens (tertiary/aromatic N) is 2. The van der Waals surface area contributed by atoms with E-state index in [1.165, 1.54) is 18.4 Å². The van der Waals surface area contributed by atoms with E-state index >= 15 is 0 Å². The third-order valence-electron chi connectivity index (χ3n) is 3.60. The van der Waals surface area contributed by atoms with E-state index in [0.717, 1.165) is 22.9 Å². The van der Waals surface area contributed by atoms with Gasteiger partial charge in [0.15, 0.2) is 0 Å². The minimum Gasteiger partial charge on any atom is -0.399 e. The van der Waals surface area contributed by atoms with Crippen LogP contribution in [0.1, 0.15) is 31.6 Å². The fraction of sp³-hybridized carbons (Fsp3) is 0.462. The number of aryl methyl sites for hydroxylation is 1. The zero-order chi connectivity index (χ0) is 11.3. The predicted molar refractivity (Wildman–Crippen MR) is 66.3 cm³/mol. The van der Waals surface area contributed by atoms with Crippen LogP contribution < -0.4 is 5.73 Å². The van der Waals surface area contributed by atoms with Gasteiger partial charge in [-0.25, -0.2) is 4.98 Å². The van der Waals surface area contributed by atoms with Crippen molar-refractivity contribution in [2.75, 3.05) is 5.73 Å². The second-order valence-electron chi connectivity index (χ2n) is 5.01. The van der Waals surface area contributed by atoms with Crippen LogP contribution >= 0.6 is 0 Å². The Morgan fingerprint density at radius 3 is 2.81 bits per heavy atom. The number of rotatable bonds is 1. The van der Waals surface area contributed by atoms with E-state index < -0.39 is 0 Å². The average Bonchev–Trinajstić information content (AvgIpc) is 2.48. The fourth-order valence-electron chi connectivity index (χ4n) is 2.77. The summed E-state index contributed by atoms with van der Waals surface area (Å²) in [6, 6.07) is 6.65. The van der Waals surface area contributed by atoms with Gasteiger partial charge in [0.25, 0.3) is 0 Å². The molecule has 1 aromatic heterocycles. The van der Waals surface area contributed by atoms with E-state index in [1.807, 2.05) is 12.1 Å². The van der Waals surface area contributed by atoms with Gasteiger partial charge in [0.2, 0.25) is 0 Å². The van der Waals surface area contributed by atoms with Crippen molar-refractivity contribution in [2.24, 2.45) is 5.92 Å². The summed E-state index contributed by atoms with van der Waals surface area (Å²) in [4.78, 5) is 4.58. The Hall–Kier alpha value is -1.51. The molecule has 3 rings (SSSR count). The van der Waals surface area contributed by atoms with Crippen molar-refractivity contribution in [1.82, 2.24) is 9.55 Å². The lowest BCUT2D eigenvalue weighted by atomic mass is 9.81. The van der Waals surface area contributed by atoms with Crippen molar-refractivity contribution in [3.05, 3.63) is 24.0 Å². The van der Waals surface area contributed by atoms with E-state index in [2.05, 4.69) is 29.5 Å². The van der Waals surface area contributed by atoms with E-state index in [4.69, 9.17) is 5.73 Å². The summed E-state index contributed by atoms with van der Waals surface area (Å²) in [7, 11) is 0. The number of fused-ring (bicyclic) bond motifs is 1. The van der Waals surface area contributed by atoms with Gasteiger partial charge in [-0.1, -0.05) is 6.92 Å². The van der Waals surface area contributed by atoms with E-state index in [1.54, 1.807) is 0 Å². The van der Waals surface area contributed by atoms with Crippen molar-refractivity contribution in [2.45, 2.75) is 32.7 Å². The number of nitrogens with two attached hydrogens (primary N) is 1. The first kappa shape index (κ1) is 9.70. The molecule has 2 aromatic rings. The van der Waals surface area contributed by atoms with Gasteiger partial charge >= 0.3 is 0 Å². The normalized spacial score (nSPS) is 24.6. The smallest absolute Gasteiger partial charge is 0.106 e. The first-order chi connectivity index (χ1) is 7.65. The molecule has 0 amide bonds. The SMILES string of the molecule is Cc1nc2cc(N)ccc2n1C1CC(C)C1. The van der Waals surface area contributed by atoms with Crippen LogP contribution in [0.25, 0.3) is 11.0 Å². The molecule has 0 aliphatic heterocycles. The zero-order valence-electron chi connectivity index (χ0n) is 9.77. The number of nitrogen functional groups attached to an aromatic ring is 1. The molecule has 0 radical (unpaired) electrons. The van der Waals surface area contributed by atoms with Crippen molar-refractivity contribution in [3.8, 4) is 0 Å². The first-order valence-corrected chi connectivity index (χ1v) is 5.89. The minimum atomic E-state index is 0.642. The maximum atomic E-state index is 5.78. The second-order valence-corrected chi connectivity index (χ2v) is 5.01. The molecule has 0 bridgehead atoms. The Labute approximate surface area is 95.3 Å². The standard InChI is InChI=1S/C13H17N3/c1-8-5-11(6-8)16-9(2)15-12-7-10(14)3-4-13(12)16/h3-4,7-8,11H,5-6,14H2,1-2H3. The molecular weight excluding hydrogens is 198 g/mol. The molecule has 1 aliphatic rings. The Morgan fingerprint density at radius 1 is 1.38 bits per heavy atom. The van der Waals surface area contributed by atoms with E-state index in [-0.39, 0.29) is 0 Å². The lowest BCUT2D eigenvalue weighted by molar-refractivity contribution is 0.218. The van der Waals surface area contributed by atoms with Crippen molar-refractivity contribution >= 4 is 16.7 Å². The van der Waals surface area contributed by atoms with Gasteiger partial charge in [0.05, 0.1) is 11.0 Å². The predicted octanol–water partition coefficient (Wildman–Crippen LogP) is 2.90. The van der Waals surface area contributed by atoms with Crippen molar-refractivity contribution < 1.29 is 0 Å². The van der Waals surface area contributed by atoms with Crippen LogP contribution in [-0.4, -0.2) is 9.55 Å². The Kier molecular flexibility index (Phi) is 1.96. The van der Waals surface area contributed by atoms with Crippen LogP contribution in [0.5, 0.6) is 0 Å². The van der Waals surface area contributed by atoms with Gasteiger partial charge < -0.3 is 10.3 Å². The number of anilines is 1. The van der Waals surface area contributed by atoms with Crippen LogP contribution in [0, 0.1) is 12.8 Å². The fourth-order valence-corrected chi connectivity index (χ4v) is 2.77. The van der Waals surface area contributed by atoms with Gasteiger partial charge in [-0.05, 0) is 43.9 Å². The van der Waals surface area contributed by atoms with E-state index in [0.29, 0.717) is 6.04 Å². The number of aromatic nitrogens is 2. The molecule has 16 heavy (non-hydrogen) atoms. The molecule has 1 fully saturated rings. The molecule has 3 heteroatoms. The molecule has 0 unspecified atom stereocenters. The Bertz CT molecular complexity index is 535. The highest BCUT2D eigenvalue weighted by molar-refractivity contribution is 5.79. The highest BCUT2D eigenvalue weighted by Crippen LogP contribution is 2.39. The third-order valence-corrected chi connectivity index (χ3v) is 3.60. The highest BCUT2D eigenvalue weighted by Gasteiger charge is 2.29. The lowest BCUT2D eigenvalue weighted by Crippen LogP contribution is -2.25. The van der Waals surface area contributed by atoms with Gasteiger partial charge in [-0.15, -0.1) is 0 Å². The number of hydrogen-bond acceptors (Lipinski definition) is 2. The number of hydrogen-bond donors (Lipinski definition) is 1. The Morgan fingerprint density at radius 2 is 2.12 bits per heavy atom. The average molecular weight is 215 g/mol. The van der Waals surface area contributed by atoms with Crippen molar-refractivity contribution in [3.63, 3.8) is 0 Å². The zero-order valence-corrected chi connectivity index (χ0v) is 9.77. The quantitative estimate of drug-likeness (QED) is 0.743. The first-order valence-electron chi connectivity index (χ1n) is 5.89. The number of imidazole rings is 1. The summed E-state index contributed by atoms with van der Waals surface area (Å²) in [5.74, 6) is 1.97. The summed E-state index contributed by atoms with van der Waals surface area (Å²) >= 11 is 0. The van der Waals surface area contributed by atoms with Crippen LogP contribution in [0.3, 0.4) is 0 Å². The van der Waals surface area contributed by atoms with Crippen LogP contribution in [-0.2, 0) is 0 Å². The van der Waals surface area contributed by atoms with Crippen molar-refractivity contribution in [1.29, 1.82) is 0 Å². The van der Waals surface area contributed by atoms with Gasteiger partial charge in [0.1, 0.15) is 5.82 Å². The van der Waals surface area contributed by atoms with Crippen LogP contribution in [0.15, 0.2) is 18.2 Å². The molecule has 0 atom stereocenters. The molecule has 1 aromatic carbocycles. The Balaban J connectivity index is 2.13. The van der Waals surface area contributed by atoms with Gasteiger partial charge in [-0.2, -0.15) is 0 Å². The lowest BCUT2D eigenvalue weighted by Gasteiger charge is -2.34. The molecule has 0 spiro atoms. The monoisotopic (exact) mass is 215 g/mol. The maximum Gasteiger partial charge on any atom is 0.106 e. The van der Waals surface area contributed by atoms with Crippen LogP contribution in [0.2, 0.25) is 0 Å². The van der Waals surface area contributed by atoms with Gasteiger partial charge in [0, 0.05) is 11.7 Å². The largest absolute Gasteiger partial charge is 0.399 e. The minimum absolute atomic E-state index is 0.642. The molecule has 1 saturated carbocycles. The third kappa shape index (κ3) is 1.31. The maximum absolute atomic E-state index is 5.78. The molecule has 3 nitrogen and oxygen atoms in total. The molecule has 1 heterocycles. The molecule has 2 N–H and O–H groups in total. The summed E-state index contributed by atoms with van der Waals surface area (Å²) in [6.45, 7) is 4.39. The van der Waals surface area contributed by atoms with Crippen LogP contribution in [0.4, 0.5) is 5.69 Å².